The number of rotatable bonds is 6. The zero-order valence-corrected chi connectivity index (χ0v) is 16.4. The molecule has 0 aromatic rings. The van der Waals surface area contributed by atoms with Crippen LogP contribution in [0.25, 0.3) is 0 Å². The van der Waals surface area contributed by atoms with E-state index in [9.17, 15) is 9.59 Å². The first-order valence-corrected chi connectivity index (χ1v) is 9.18. The summed E-state index contributed by atoms with van der Waals surface area (Å²) in [5.74, 6) is 1.53. The van der Waals surface area contributed by atoms with Gasteiger partial charge in [0.15, 0.2) is 0 Å². The van der Waals surface area contributed by atoms with Crippen molar-refractivity contribution >= 4 is 11.9 Å². The third-order valence-electron chi connectivity index (χ3n) is 4.98. The minimum absolute atomic E-state index is 0.0877. The monoisotopic (exact) mass is 337 g/mol. The normalized spacial score (nSPS) is 24.5. The molecule has 0 saturated carbocycles. The van der Waals surface area contributed by atoms with Crippen molar-refractivity contribution in [2.45, 2.75) is 61.3 Å². The second kappa shape index (κ2) is 8.68. The van der Waals surface area contributed by atoms with Crippen molar-refractivity contribution in [3.05, 3.63) is 11.6 Å². The minimum atomic E-state index is -0.368. The number of hydrogen-bond acceptors (Lipinski definition) is 3. The summed E-state index contributed by atoms with van der Waals surface area (Å²) in [4.78, 5) is 24.0. The number of esters is 1. The van der Waals surface area contributed by atoms with E-state index >= 15 is 0 Å². The predicted octanol–water partition coefficient (Wildman–Crippen LogP) is 3.96. The molecule has 0 unspecified atom stereocenters. The number of amides is 1. The summed E-state index contributed by atoms with van der Waals surface area (Å²) in [6.45, 7) is 15.3. The SMILES string of the molecule is CCOC(=O)C[C@@H]1C[C@@H](C(C)C)[C@H](CNC(=O)C(C)(C)C)C=C1C. The molecule has 4 nitrogen and oxygen atoms in total. The molecule has 1 aliphatic carbocycles. The van der Waals surface area contributed by atoms with E-state index in [4.69, 9.17) is 4.74 Å². The van der Waals surface area contributed by atoms with Crippen molar-refractivity contribution in [2.75, 3.05) is 13.2 Å². The molecule has 0 heterocycles. The number of allylic oxidation sites excluding steroid dienone is 1. The lowest BCUT2D eigenvalue weighted by Gasteiger charge is -2.37. The highest BCUT2D eigenvalue weighted by Gasteiger charge is 2.33. The molecular formula is C20H35NO3. The quantitative estimate of drug-likeness (QED) is 0.589. The first-order valence-electron chi connectivity index (χ1n) is 9.18. The summed E-state index contributed by atoms with van der Waals surface area (Å²) in [5.41, 5.74) is 0.877. The van der Waals surface area contributed by atoms with Crippen LogP contribution in [0, 0.1) is 29.1 Å². The van der Waals surface area contributed by atoms with Crippen molar-refractivity contribution in [3.8, 4) is 0 Å². The summed E-state index contributed by atoms with van der Waals surface area (Å²) >= 11 is 0. The Morgan fingerprint density at radius 3 is 2.46 bits per heavy atom. The highest BCUT2D eigenvalue weighted by atomic mass is 16.5. The largest absolute Gasteiger partial charge is 0.466 e. The lowest BCUT2D eigenvalue weighted by molar-refractivity contribution is -0.144. The van der Waals surface area contributed by atoms with E-state index in [2.05, 4.69) is 32.2 Å². The van der Waals surface area contributed by atoms with Crippen LogP contribution in [0.5, 0.6) is 0 Å². The standard InChI is InChI=1S/C20H35NO3/c1-8-24-18(22)11-15-10-17(13(2)3)16(9-14(15)4)12-21-19(23)20(5,6)7/h9,13,15-17H,8,10-12H2,1-7H3,(H,21,23)/t15-,16-,17-/m0/s1. The van der Waals surface area contributed by atoms with Crippen LogP contribution in [-0.2, 0) is 14.3 Å². The fourth-order valence-corrected chi connectivity index (χ4v) is 3.40. The Labute approximate surface area is 147 Å². The molecule has 0 spiro atoms. The molecule has 0 radical (unpaired) electrons. The Hall–Kier alpha value is -1.32. The Bertz CT molecular complexity index is 474. The van der Waals surface area contributed by atoms with Gasteiger partial charge in [-0.1, -0.05) is 46.3 Å². The molecular weight excluding hydrogens is 302 g/mol. The molecule has 0 aliphatic heterocycles. The van der Waals surface area contributed by atoms with E-state index in [0.717, 1.165) is 6.42 Å². The van der Waals surface area contributed by atoms with Gasteiger partial charge in [0.2, 0.25) is 5.91 Å². The first kappa shape index (κ1) is 20.7. The van der Waals surface area contributed by atoms with Crippen LogP contribution in [0.4, 0.5) is 0 Å². The van der Waals surface area contributed by atoms with Gasteiger partial charge in [0, 0.05) is 12.0 Å². The van der Waals surface area contributed by atoms with Gasteiger partial charge in [0.05, 0.1) is 13.0 Å². The van der Waals surface area contributed by atoms with E-state index in [-0.39, 0.29) is 23.2 Å². The molecule has 0 aromatic heterocycles. The molecule has 4 heteroatoms. The molecule has 3 atom stereocenters. The summed E-state index contributed by atoms with van der Waals surface area (Å²) in [5, 5.41) is 3.10. The summed E-state index contributed by atoms with van der Waals surface area (Å²) in [6.07, 6.45) is 3.70. The van der Waals surface area contributed by atoms with Crippen molar-refractivity contribution < 1.29 is 14.3 Å². The van der Waals surface area contributed by atoms with Crippen molar-refractivity contribution in [1.29, 1.82) is 0 Å². The van der Waals surface area contributed by atoms with Gasteiger partial charge in [-0.25, -0.2) is 0 Å². The Morgan fingerprint density at radius 1 is 1.33 bits per heavy atom. The van der Waals surface area contributed by atoms with E-state index in [1.54, 1.807) is 0 Å². The summed E-state index contributed by atoms with van der Waals surface area (Å²) < 4.78 is 5.11. The van der Waals surface area contributed by atoms with E-state index in [0.29, 0.717) is 37.3 Å². The van der Waals surface area contributed by atoms with Crippen LogP contribution in [0.1, 0.15) is 61.3 Å². The number of nitrogens with one attached hydrogen (secondary N) is 1. The van der Waals surface area contributed by atoms with Gasteiger partial charge in [-0.05, 0) is 43.9 Å². The van der Waals surface area contributed by atoms with Gasteiger partial charge in [-0.15, -0.1) is 0 Å². The van der Waals surface area contributed by atoms with Crippen LogP contribution in [0.3, 0.4) is 0 Å². The van der Waals surface area contributed by atoms with Crippen LogP contribution >= 0.6 is 0 Å². The maximum absolute atomic E-state index is 12.2. The van der Waals surface area contributed by atoms with Crippen LogP contribution in [-0.4, -0.2) is 25.0 Å². The predicted molar refractivity (Wildman–Crippen MR) is 97.4 cm³/mol. The van der Waals surface area contributed by atoms with Crippen LogP contribution in [0.15, 0.2) is 11.6 Å². The van der Waals surface area contributed by atoms with Gasteiger partial charge in [-0.2, -0.15) is 0 Å². The van der Waals surface area contributed by atoms with Crippen molar-refractivity contribution in [2.24, 2.45) is 29.1 Å². The second-order valence-corrected chi connectivity index (χ2v) is 8.38. The number of ether oxygens (including phenoxy) is 1. The summed E-state index contributed by atoms with van der Waals surface area (Å²) in [6, 6.07) is 0. The van der Waals surface area contributed by atoms with Crippen LogP contribution < -0.4 is 5.32 Å². The zero-order chi connectivity index (χ0) is 18.5. The highest BCUT2D eigenvalue weighted by molar-refractivity contribution is 5.81. The van der Waals surface area contributed by atoms with Gasteiger partial charge in [0.25, 0.3) is 0 Å². The summed E-state index contributed by atoms with van der Waals surface area (Å²) in [7, 11) is 0. The number of carbonyl (C=O) groups excluding carboxylic acids is 2. The average molecular weight is 338 g/mol. The molecule has 1 amide bonds. The molecule has 138 valence electrons. The second-order valence-electron chi connectivity index (χ2n) is 8.38. The average Bonchev–Trinajstić information content (AvgIpc) is 2.45. The first-order chi connectivity index (χ1) is 11.1. The highest BCUT2D eigenvalue weighted by Crippen LogP contribution is 2.38. The van der Waals surface area contributed by atoms with E-state index in [1.807, 2.05) is 27.7 Å². The molecule has 0 bridgehead atoms. The number of hydrogen-bond donors (Lipinski definition) is 1. The number of carbonyl (C=O) groups is 2. The Kier molecular flexibility index (Phi) is 7.50. The molecule has 1 N–H and O–H groups in total. The fraction of sp³-hybridized carbons (Fsp3) is 0.800. The molecule has 1 aliphatic rings. The molecule has 0 aromatic carbocycles. The zero-order valence-electron chi connectivity index (χ0n) is 16.4. The van der Waals surface area contributed by atoms with Gasteiger partial charge in [0.1, 0.15) is 0 Å². The third kappa shape index (κ3) is 5.95. The molecule has 1 rings (SSSR count). The lowest BCUT2D eigenvalue weighted by atomic mass is 9.70. The van der Waals surface area contributed by atoms with Crippen molar-refractivity contribution in [1.82, 2.24) is 5.32 Å². The lowest BCUT2D eigenvalue weighted by Crippen LogP contribution is -2.41. The van der Waals surface area contributed by atoms with E-state index < -0.39 is 0 Å². The topological polar surface area (TPSA) is 55.4 Å². The van der Waals surface area contributed by atoms with Crippen molar-refractivity contribution in [3.63, 3.8) is 0 Å². The third-order valence-corrected chi connectivity index (χ3v) is 4.98. The van der Waals surface area contributed by atoms with Gasteiger partial charge >= 0.3 is 5.97 Å². The maximum Gasteiger partial charge on any atom is 0.306 e. The Balaban J connectivity index is 2.79. The Morgan fingerprint density at radius 2 is 1.96 bits per heavy atom. The smallest absolute Gasteiger partial charge is 0.306 e. The minimum Gasteiger partial charge on any atom is -0.466 e. The molecule has 24 heavy (non-hydrogen) atoms. The van der Waals surface area contributed by atoms with Gasteiger partial charge in [-0.3, -0.25) is 9.59 Å². The van der Waals surface area contributed by atoms with Gasteiger partial charge < -0.3 is 10.1 Å². The van der Waals surface area contributed by atoms with E-state index in [1.165, 1.54) is 5.57 Å². The fourth-order valence-electron chi connectivity index (χ4n) is 3.40. The molecule has 0 saturated heterocycles. The molecule has 0 fully saturated rings. The van der Waals surface area contributed by atoms with Crippen LogP contribution in [0.2, 0.25) is 0 Å². The maximum atomic E-state index is 12.2.